The molecule has 16 heavy (non-hydrogen) atoms. The van der Waals surface area contributed by atoms with E-state index in [0.29, 0.717) is 0 Å². The highest BCUT2D eigenvalue weighted by Crippen LogP contribution is 2.05. The molecular formula is C9H19ClN2O3S. The summed E-state index contributed by atoms with van der Waals surface area (Å²) in [6.45, 7) is 2.56. The lowest BCUT2D eigenvalue weighted by atomic mass is 10.2. The van der Waals surface area contributed by atoms with Crippen LogP contribution in [0.4, 0.5) is 0 Å². The maximum absolute atomic E-state index is 11.6. The highest BCUT2D eigenvalue weighted by Gasteiger charge is 2.23. The Balaban J connectivity index is 0.00000225. The lowest BCUT2D eigenvalue weighted by molar-refractivity contribution is -0.123. The fraction of sp³-hybridized carbons (Fsp3) is 0.889. The predicted molar refractivity (Wildman–Crippen MR) is 65.6 cm³/mol. The summed E-state index contributed by atoms with van der Waals surface area (Å²) >= 11 is 0. The Kier molecular flexibility index (Phi) is 6.28. The first-order chi connectivity index (χ1) is 6.88. The monoisotopic (exact) mass is 270 g/mol. The van der Waals surface area contributed by atoms with Gasteiger partial charge in [-0.25, -0.2) is 8.42 Å². The summed E-state index contributed by atoms with van der Waals surface area (Å²) in [5.74, 6) is -0.102. The average molecular weight is 271 g/mol. The normalized spacial score (nSPS) is 22.2. The summed E-state index contributed by atoms with van der Waals surface area (Å²) in [6, 6.07) is -0.470. The van der Waals surface area contributed by atoms with Crippen LogP contribution in [0.3, 0.4) is 0 Å². The number of rotatable bonds is 4. The molecule has 0 aromatic carbocycles. The number of sulfone groups is 1. The second-order valence-corrected chi connectivity index (χ2v) is 6.34. The van der Waals surface area contributed by atoms with E-state index in [1.54, 1.807) is 6.92 Å². The van der Waals surface area contributed by atoms with Gasteiger partial charge in [0.1, 0.15) is 9.84 Å². The molecule has 0 radical (unpaired) electrons. The van der Waals surface area contributed by atoms with Gasteiger partial charge in [0.2, 0.25) is 5.91 Å². The summed E-state index contributed by atoms with van der Waals surface area (Å²) in [4.78, 5) is 11.6. The summed E-state index contributed by atoms with van der Waals surface area (Å²) < 4.78 is 22.0. The van der Waals surface area contributed by atoms with Crippen LogP contribution in [0.25, 0.3) is 0 Å². The molecule has 5 nitrogen and oxygen atoms in total. The van der Waals surface area contributed by atoms with E-state index in [-0.39, 0.29) is 36.2 Å². The van der Waals surface area contributed by atoms with Crippen LogP contribution in [-0.2, 0) is 14.6 Å². The van der Waals surface area contributed by atoms with Gasteiger partial charge in [-0.3, -0.25) is 4.79 Å². The third-order valence-corrected chi connectivity index (χ3v) is 3.42. The molecule has 1 heterocycles. The van der Waals surface area contributed by atoms with Gasteiger partial charge in [0.05, 0.1) is 11.8 Å². The van der Waals surface area contributed by atoms with Gasteiger partial charge in [-0.15, -0.1) is 12.4 Å². The van der Waals surface area contributed by atoms with E-state index in [1.165, 1.54) is 6.26 Å². The Morgan fingerprint density at radius 1 is 1.56 bits per heavy atom. The van der Waals surface area contributed by atoms with E-state index < -0.39 is 9.84 Å². The van der Waals surface area contributed by atoms with Crippen molar-refractivity contribution in [2.75, 3.05) is 18.6 Å². The first kappa shape index (κ1) is 15.7. The molecule has 0 aromatic heterocycles. The fourth-order valence-corrected chi connectivity index (χ4v) is 2.74. The second-order valence-electron chi connectivity index (χ2n) is 4.15. The minimum Gasteiger partial charge on any atom is -0.351 e. The molecule has 1 rings (SSSR count). The first-order valence-electron chi connectivity index (χ1n) is 5.10. The fourth-order valence-electron chi connectivity index (χ4n) is 1.75. The Bertz CT molecular complexity index is 326. The van der Waals surface area contributed by atoms with E-state index in [9.17, 15) is 13.2 Å². The Morgan fingerprint density at radius 2 is 2.19 bits per heavy atom. The van der Waals surface area contributed by atoms with E-state index in [2.05, 4.69) is 10.6 Å². The highest BCUT2D eigenvalue weighted by molar-refractivity contribution is 7.90. The van der Waals surface area contributed by atoms with Crippen molar-refractivity contribution < 1.29 is 13.2 Å². The SMILES string of the molecule is CC(CS(C)(=O)=O)NC(=O)[C@@H]1CCCN1.Cl. The molecule has 7 heteroatoms. The van der Waals surface area contributed by atoms with Crippen LogP contribution in [0, 0.1) is 0 Å². The first-order valence-corrected chi connectivity index (χ1v) is 7.16. The predicted octanol–water partition coefficient (Wildman–Crippen LogP) is -0.290. The van der Waals surface area contributed by atoms with Gasteiger partial charge < -0.3 is 10.6 Å². The minimum atomic E-state index is -3.03. The molecular weight excluding hydrogens is 252 g/mol. The van der Waals surface area contributed by atoms with Gasteiger partial charge in [0.15, 0.2) is 0 Å². The zero-order valence-electron chi connectivity index (χ0n) is 9.52. The van der Waals surface area contributed by atoms with Gasteiger partial charge >= 0.3 is 0 Å². The number of carbonyl (C=O) groups excluding carboxylic acids is 1. The molecule has 1 saturated heterocycles. The molecule has 0 aromatic rings. The molecule has 0 bridgehead atoms. The topological polar surface area (TPSA) is 75.3 Å². The Labute approximate surface area is 103 Å². The summed E-state index contributed by atoms with van der Waals surface area (Å²) in [6.07, 6.45) is 3.00. The molecule has 0 aliphatic carbocycles. The molecule has 1 aliphatic heterocycles. The molecule has 1 amide bonds. The average Bonchev–Trinajstić information content (AvgIpc) is 2.50. The summed E-state index contributed by atoms with van der Waals surface area (Å²) in [5.41, 5.74) is 0. The van der Waals surface area contributed by atoms with Gasteiger partial charge in [-0.1, -0.05) is 0 Å². The maximum atomic E-state index is 11.6. The number of amides is 1. The van der Waals surface area contributed by atoms with Crippen molar-refractivity contribution in [3.05, 3.63) is 0 Å². The Morgan fingerprint density at radius 3 is 2.62 bits per heavy atom. The van der Waals surface area contributed by atoms with Crippen molar-refractivity contribution in [2.24, 2.45) is 0 Å². The van der Waals surface area contributed by atoms with Crippen LogP contribution in [0.2, 0.25) is 0 Å². The van der Waals surface area contributed by atoms with Crippen LogP contribution < -0.4 is 10.6 Å². The van der Waals surface area contributed by atoms with Crippen LogP contribution >= 0.6 is 12.4 Å². The molecule has 0 saturated carbocycles. The second kappa shape index (κ2) is 6.42. The van der Waals surface area contributed by atoms with Crippen molar-refractivity contribution in [1.29, 1.82) is 0 Å². The largest absolute Gasteiger partial charge is 0.351 e. The van der Waals surface area contributed by atoms with Crippen LogP contribution in [0.5, 0.6) is 0 Å². The van der Waals surface area contributed by atoms with Crippen molar-refractivity contribution in [3.63, 3.8) is 0 Å². The quantitative estimate of drug-likeness (QED) is 0.736. The van der Waals surface area contributed by atoms with Crippen LogP contribution in [-0.4, -0.2) is 45.0 Å². The number of carbonyl (C=O) groups is 1. The Hall–Kier alpha value is -0.330. The van der Waals surface area contributed by atoms with Gasteiger partial charge in [-0.2, -0.15) is 0 Å². The van der Waals surface area contributed by atoms with Crippen molar-refractivity contribution in [1.82, 2.24) is 10.6 Å². The zero-order valence-corrected chi connectivity index (χ0v) is 11.2. The number of hydrogen-bond donors (Lipinski definition) is 2. The van der Waals surface area contributed by atoms with Crippen LogP contribution in [0.1, 0.15) is 19.8 Å². The lowest BCUT2D eigenvalue weighted by Crippen LogP contribution is -2.46. The van der Waals surface area contributed by atoms with E-state index in [0.717, 1.165) is 19.4 Å². The van der Waals surface area contributed by atoms with Gasteiger partial charge in [0.25, 0.3) is 0 Å². The van der Waals surface area contributed by atoms with Gasteiger partial charge in [0, 0.05) is 12.3 Å². The van der Waals surface area contributed by atoms with E-state index in [4.69, 9.17) is 0 Å². The van der Waals surface area contributed by atoms with E-state index >= 15 is 0 Å². The third kappa shape index (κ3) is 5.67. The minimum absolute atomic E-state index is 0. The zero-order chi connectivity index (χ0) is 11.5. The van der Waals surface area contributed by atoms with Gasteiger partial charge in [-0.05, 0) is 26.3 Å². The molecule has 2 N–H and O–H groups in total. The van der Waals surface area contributed by atoms with Crippen molar-refractivity contribution in [3.8, 4) is 0 Å². The van der Waals surface area contributed by atoms with E-state index in [1.807, 2.05) is 0 Å². The third-order valence-electron chi connectivity index (χ3n) is 2.32. The number of nitrogens with one attached hydrogen (secondary N) is 2. The molecule has 2 atom stereocenters. The standard InChI is InChI=1S/C9H18N2O3S.ClH/c1-7(6-15(2,13)14)11-9(12)8-4-3-5-10-8;/h7-8,10H,3-6H2,1-2H3,(H,11,12);1H/t7?,8-;/m0./s1. The summed E-state index contributed by atoms with van der Waals surface area (Å²) in [5, 5.41) is 5.76. The van der Waals surface area contributed by atoms with Crippen molar-refractivity contribution >= 4 is 28.2 Å². The van der Waals surface area contributed by atoms with Crippen molar-refractivity contribution in [2.45, 2.75) is 31.8 Å². The number of hydrogen-bond acceptors (Lipinski definition) is 4. The maximum Gasteiger partial charge on any atom is 0.237 e. The highest BCUT2D eigenvalue weighted by atomic mass is 35.5. The summed E-state index contributed by atoms with van der Waals surface area (Å²) in [7, 11) is -3.03. The molecule has 96 valence electrons. The molecule has 1 aliphatic rings. The molecule has 1 fully saturated rings. The molecule has 1 unspecified atom stereocenters. The van der Waals surface area contributed by atoms with Crippen LogP contribution in [0.15, 0.2) is 0 Å². The smallest absolute Gasteiger partial charge is 0.237 e. The lowest BCUT2D eigenvalue weighted by Gasteiger charge is -2.16. The number of halogens is 1. The molecule has 0 spiro atoms.